The summed E-state index contributed by atoms with van der Waals surface area (Å²) in [7, 11) is 0. The van der Waals surface area contributed by atoms with Crippen molar-refractivity contribution in [2.45, 2.75) is 33.6 Å². The molecule has 3 N–H and O–H groups in total. The minimum Gasteiger partial charge on any atom is -0.356 e. The maximum absolute atomic E-state index is 11.8. The Bertz CT molecular complexity index is 444. The molecule has 0 aliphatic carbocycles. The van der Waals surface area contributed by atoms with Crippen LogP contribution in [0.15, 0.2) is 22.7 Å². The summed E-state index contributed by atoms with van der Waals surface area (Å²) in [6.45, 7) is 7.35. The van der Waals surface area contributed by atoms with Crippen molar-refractivity contribution in [1.29, 1.82) is 0 Å². The van der Waals surface area contributed by atoms with Crippen molar-refractivity contribution in [3.05, 3.63) is 33.8 Å². The van der Waals surface area contributed by atoms with Gasteiger partial charge in [0.05, 0.1) is 0 Å². The predicted octanol–water partition coefficient (Wildman–Crippen LogP) is 2.79. The molecule has 4 heteroatoms. The molecule has 106 valence electrons. The normalized spacial score (nSPS) is 11.4. The van der Waals surface area contributed by atoms with Crippen LogP contribution in [-0.2, 0) is 11.2 Å². The summed E-state index contributed by atoms with van der Waals surface area (Å²) < 4.78 is 1.05. The molecule has 0 saturated carbocycles. The number of hydrogen-bond acceptors (Lipinski definition) is 2. The molecule has 0 atom stereocenters. The van der Waals surface area contributed by atoms with E-state index in [1.807, 2.05) is 19.9 Å². The van der Waals surface area contributed by atoms with Crippen molar-refractivity contribution >= 4 is 21.8 Å². The van der Waals surface area contributed by atoms with Crippen LogP contribution in [0.4, 0.5) is 0 Å². The molecule has 0 radical (unpaired) electrons. The van der Waals surface area contributed by atoms with E-state index in [2.05, 4.69) is 40.3 Å². The maximum atomic E-state index is 11.8. The Labute approximate surface area is 124 Å². The van der Waals surface area contributed by atoms with Gasteiger partial charge in [-0.05, 0) is 48.6 Å². The average molecular weight is 327 g/mol. The van der Waals surface area contributed by atoms with Gasteiger partial charge in [-0.3, -0.25) is 4.79 Å². The number of carbonyl (C=O) groups excluding carboxylic acids is 1. The number of rotatable bonds is 6. The minimum atomic E-state index is -0.0403. The highest BCUT2D eigenvalue weighted by molar-refractivity contribution is 9.10. The fourth-order valence-corrected chi connectivity index (χ4v) is 2.06. The van der Waals surface area contributed by atoms with Gasteiger partial charge in [-0.2, -0.15) is 0 Å². The summed E-state index contributed by atoms with van der Waals surface area (Å²) in [4.78, 5) is 11.8. The van der Waals surface area contributed by atoms with E-state index in [9.17, 15) is 4.79 Å². The van der Waals surface area contributed by atoms with Gasteiger partial charge in [0.1, 0.15) is 0 Å². The number of nitrogens with two attached hydrogens (primary N) is 1. The molecule has 0 spiro atoms. The lowest BCUT2D eigenvalue weighted by Crippen LogP contribution is -2.38. The fraction of sp³-hybridized carbons (Fsp3) is 0.533. The average Bonchev–Trinajstić information content (AvgIpc) is 2.37. The molecular weight excluding hydrogens is 304 g/mol. The highest BCUT2D eigenvalue weighted by Crippen LogP contribution is 2.17. The first kappa shape index (κ1) is 16.2. The number of benzene rings is 1. The Morgan fingerprint density at radius 1 is 1.42 bits per heavy atom. The summed E-state index contributed by atoms with van der Waals surface area (Å²) in [6, 6.07) is 6.16. The molecule has 0 aliphatic heterocycles. The van der Waals surface area contributed by atoms with Gasteiger partial charge in [0, 0.05) is 17.4 Å². The highest BCUT2D eigenvalue weighted by atomic mass is 79.9. The van der Waals surface area contributed by atoms with Gasteiger partial charge < -0.3 is 11.1 Å². The summed E-state index contributed by atoms with van der Waals surface area (Å²) >= 11 is 3.46. The number of hydrogen-bond donors (Lipinski definition) is 2. The Morgan fingerprint density at radius 2 is 2.11 bits per heavy atom. The van der Waals surface area contributed by atoms with Gasteiger partial charge >= 0.3 is 0 Å². The summed E-state index contributed by atoms with van der Waals surface area (Å²) in [5.41, 5.74) is 8.03. The lowest BCUT2D eigenvalue weighted by Gasteiger charge is -2.22. The molecule has 1 amide bonds. The van der Waals surface area contributed by atoms with Crippen LogP contribution in [0.25, 0.3) is 0 Å². The molecule has 1 aromatic carbocycles. The topological polar surface area (TPSA) is 55.1 Å². The predicted molar refractivity (Wildman–Crippen MR) is 83.0 cm³/mol. The first-order chi connectivity index (χ1) is 8.84. The van der Waals surface area contributed by atoms with E-state index in [-0.39, 0.29) is 11.3 Å². The van der Waals surface area contributed by atoms with Crippen molar-refractivity contribution in [3.63, 3.8) is 0 Å². The monoisotopic (exact) mass is 326 g/mol. The molecule has 0 fully saturated rings. The molecule has 0 aliphatic rings. The fourth-order valence-electron chi connectivity index (χ4n) is 1.66. The van der Waals surface area contributed by atoms with E-state index in [0.717, 1.165) is 10.9 Å². The SMILES string of the molecule is Cc1ccc(Br)cc1CCC(=O)NCC(C)(C)CN. The molecule has 3 nitrogen and oxygen atoms in total. The number of amides is 1. The zero-order valence-corrected chi connectivity index (χ0v) is 13.5. The third-order valence-electron chi connectivity index (χ3n) is 3.25. The Balaban J connectivity index is 2.44. The van der Waals surface area contributed by atoms with Gasteiger partial charge in [-0.15, -0.1) is 0 Å². The van der Waals surface area contributed by atoms with E-state index in [0.29, 0.717) is 19.5 Å². The van der Waals surface area contributed by atoms with E-state index in [1.54, 1.807) is 0 Å². The number of halogens is 1. The second kappa shape index (κ2) is 7.06. The molecule has 0 unspecified atom stereocenters. The van der Waals surface area contributed by atoms with E-state index < -0.39 is 0 Å². The first-order valence-corrected chi connectivity index (χ1v) is 7.35. The Morgan fingerprint density at radius 3 is 2.74 bits per heavy atom. The Hall–Kier alpha value is -0.870. The quantitative estimate of drug-likeness (QED) is 0.844. The first-order valence-electron chi connectivity index (χ1n) is 6.56. The summed E-state index contributed by atoms with van der Waals surface area (Å²) in [5.74, 6) is 0.0842. The molecule has 1 aromatic rings. The third kappa shape index (κ3) is 5.74. The van der Waals surface area contributed by atoms with Crippen LogP contribution in [0.1, 0.15) is 31.4 Å². The van der Waals surface area contributed by atoms with Crippen LogP contribution in [-0.4, -0.2) is 19.0 Å². The smallest absolute Gasteiger partial charge is 0.220 e. The van der Waals surface area contributed by atoms with Crippen molar-refractivity contribution in [2.24, 2.45) is 11.1 Å². The summed E-state index contributed by atoms with van der Waals surface area (Å²) in [6.07, 6.45) is 1.28. The molecule has 0 saturated heterocycles. The van der Waals surface area contributed by atoms with Gasteiger partial charge in [-0.25, -0.2) is 0 Å². The van der Waals surface area contributed by atoms with Crippen LogP contribution in [0.5, 0.6) is 0 Å². The zero-order chi connectivity index (χ0) is 14.5. The standard InChI is InChI=1S/C15H23BrN2O/c1-11-4-6-13(16)8-12(11)5-7-14(19)18-10-15(2,3)9-17/h4,6,8H,5,7,9-10,17H2,1-3H3,(H,18,19). The van der Waals surface area contributed by atoms with Crippen molar-refractivity contribution < 1.29 is 4.79 Å². The number of carbonyl (C=O) groups is 1. The third-order valence-corrected chi connectivity index (χ3v) is 3.74. The maximum Gasteiger partial charge on any atom is 0.220 e. The van der Waals surface area contributed by atoms with Crippen LogP contribution in [0.3, 0.4) is 0 Å². The zero-order valence-electron chi connectivity index (χ0n) is 11.9. The Kier molecular flexibility index (Phi) is 6.01. The molecule has 1 rings (SSSR count). The number of nitrogens with one attached hydrogen (secondary N) is 1. The molecular formula is C15H23BrN2O. The van der Waals surface area contributed by atoms with Gasteiger partial charge in [0.2, 0.25) is 5.91 Å². The van der Waals surface area contributed by atoms with E-state index >= 15 is 0 Å². The highest BCUT2D eigenvalue weighted by Gasteiger charge is 2.16. The van der Waals surface area contributed by atoms with E-state index in [4.69, 9.17) is 5.73 Å². The van der Waals surface area contributed by atoms with Crippen molar-refractivity contribution in [1.82, 2.24) is 5.32 Å². The van der Waals surface area contributed by atoms with Crippen LogP contribution >= 0.6 is 15.9 Å². The van der Waals surface area contributed by atoms with Crippen molar-refractivity contribution in [2.75, 3.05) is 13.1 Å². The molecule has 0 aromatic heterocycles. The second-order valence-electron chi connectivity index (χ2n) is 5.72. The van der Waals surface area contributed by atoms with Gasteiger partial charge in [0.15, 0.2) is 0 Å². The summed E-state index contributed by atoms with van der Waals surface area (Å²) in [5, 5.41) is 2.95. The molecule has 0 heterocycles. The largest absolute Gasteiger partial charge is 0.356 e. The van der Waals surface area contributed by atoms with Gasteiger partial charge in [0.25, 0.3) is 0 Å². The second-order valence-corrected chi connectivity index (χ2v) is 6.63. The van der Waals surface area contributed by atoms with Gasteiger partial charge in [-0.1, -0.05) is 35.8 Å². The van der Waals surface area contributed by atoms with E-state index in [1.165, 1.54) is 11.1 Å². The van der Waals surface area contributed by atoms with Crippen molar-refractivity contribution in [3.8, 4) is 0 Å². The van der Waals surface area contributed by atoms with Crippen LogP contribution in [0.2, 0.25) is 0 Å². The van der Waals surface area contributed by atoms with Crippen LogP contribution in [0, 0.1) is 12.3 Å². The lowest BCUT2D eigenvalue weighted by atomic mass is 9.94. The van der Waals surface area contributed by atoms with Crippen LogP contribution < -0.4 is 11.1 Å². The number of aryl methyl sites for hydroxylation is 2. The minimum absolute atomic E-state index is 0.0403. The molecule has 19 heavy (non-hydrogen) atoms. The lowest BCUT2D eigenvalue weighted by molar-refractivity contribution is -0.121. The molecule has 0 bridgehead atoms.